The molecule has 1 aliphatic heterocycles. The molecule has 1 heterocycles. The van der Waals surface area contributed by atoms with Crippen molar-refractivity contribution < 1.29 is 33.4 Å². The summed E-state index contributed by atoms with van der Waals surface area (Å²) in [7, 11) is 1.26. The third-order valence-corrected chi connectivity index (χ3v) is 5.94. The summed E-state index contributed by atoms with van der Waals surface area (Å²) >= 11 is 2.02. The van der Waals surface area contributed by atoms with Gasteiger partial charge in [-0.25, -0.2) is 14.5 Å². The Morgan fingerprint density at radius 2 is 1.89 bits per heavy atom. The number of methoxy groups -OCH3 is 1. The number of ether oxygens (including phenoxy) is 3. The summed E-state index contributed by atoms with van der Waals surface area (Å²) in [5.74, 6) is -0.930. The molecule has 1 saturated heterocycles. The normalized spacial score (nSPS) is 14.0. The molecule has 0 spiro atoms. The Balaban J connectivity index is 1.77. The first-order chi connectivity index (χ1) is 17.3. The largest absolute Gasteiger partial charge is 0.490 e. The molecule has 2 aromatic rings. The van der Waals surface area contributed by atoms with Crippen LogP contribution in [0.4, 0.5) is 10.5 Å². The molecule has 36 heavy (non-hydrogen) atoms. The Hall–Kier alpha value is -3.61. The Morgan fingerprint density at radius 3 is 2.58 bits per heavy atom. The van der Waals surface area contributed by atoms with Gasteiger partial charge in [-0.15, -0.1) is 0 Å². The van der Waals surface area contributed by atoms with Gasteiger partial charge in [0.1, 0.15) is 12.2 Å². The van der Waals surface area contributed by atoms with Crippen LogP contribution in [0.1, 0.15) is 25.0 Å². The first kappa shape index (κ1) is 27.0. The van der Waals surface area contributed by atoms with Crippen molar-refractivity contribution >= 4 is 58.2 Å². The number of nitrogens with zero attached hydrogens (tertiary/aromatic N) is 1. The van der Waals surface area contributed by atoms with Gasteiger partial charge >= 0.3 is 12.0 Å². The van der Waals surface area contributed by atoms with Crippen molar-refractivity contribution in [3.05, 3.63) is 56.8 Å². The van der Waals surface area contributed by atoms with E-state index in [1.807, 2.05) is 41.6 Å². The average molecular weight is 607 g/mol. The van der Waals surface area contributed by atoms with Gasteiger partial charge in [0, 0.05) is 5.69 Å². The molecule has 0 saturated carbocycles. The van der Waals surface area contributed by atoms with Crippen molar-refractivity contribution in [3.63, 3.8) is 0 Å². The van der Waals surface area contributed by atoms with E-state index in [0.717, 1.165) is 16.9 Å². The highest BCUT2D eigenvalue weighted by Gasteiger charge is 2.35. The van der Waals surface area contributed by atoms with Gasteiger partial charge in [-0.05, 0) is 71.3 Å². The minimum absolute atomic E-state index is 0.0169. The number of anilines is 1. The standard InChI is InChI=1S/C25H26IN3O7/c1-4-16-8-6-7-9-18(16)27-21(30)13-29-24(32)19(28-25(29)33)11-15-10-17(26)23(20(12-15)35-5-2)36-14-22(31)34-3/h6-12H,4-5,13-14H2,1-3H3,(H,27,30)(H,28,33)/b19-11+. The summed E-state index contributed by atoms with van der Waals surface area (Å²) in [6.45, 7) is 3.38. The second kappa shape index (κ2) is 12.4. The minimum atomic E-state index is -0.692. The smallest absolute Gasteiger partial charge is 0.343 e. The fourth-order valence-corrected chi connectivity index (χ4v) is 4.21. The van der Waals surface area contributed by atoms with E-state index in [1.165, 1.54) is 13.2 Å². The van der Waals surface area contributed by atoms with Crippen molar-refractivity contribution in [1.29, 1.82) is 0 Å². The molecule has 10 nitrogen and oxygen atoms in total. The van der Waals surface area contributed by atoms with Gasteiger partial charge in [0.15, 0.2) is 18.1 Å². The summed E-state index contributed by atoms with van der Waals surface area (Å²) in [5.41, 5.74) is 2.16. The maximum absolute atomic E-state index is 12.9. The third-order valence-electron chi connectivity index (χ3n) is 5.14. The monoisotopic (exact) mass is 607 g/mol. The number of rotatable bonds is 10. The lowest BCUT2D eigenvalue weighted by molar-refractivity contribution is -0.143. The summed E-state index contributed by atoms with van der Waals surface area (Å²) < 4.78 is 16.4. The van der Waals surface area contributed by atoms with Gasteiger partial charge in [0.05, 0.1) is 17.3 Å². The highest BCUT2D eigenvalue weighted by atomic mass is 127. The average Bonchev–Trinajstić information content (AvgIpc) is 3.11. The summed E-state index contributed by atoms with van der Waals surface area (Å²) in [5, 5.41) is 5.27. The molecular formula is C25H26IN3O7. The molecule has 11 heteroatoms. The zero-order valence-corrected chi connectivity index (χ0v) is 22.2. The SMILES string of the molecule is CCOc1cc(/C=C2/NC(=O)N(CC(=O)Nc3ccccc3CC)C2=O)cc(I)c1OCC(=O)OC. The molecule has 4 amide bonds. The number of aryl methyl sites for hydroxylation is 1. The maximum atomic E-state index is 12.9. The fourth-order valence-electron chi connectivity index (χ4n) is 3.43. The third kappa shape index (κ3) is 6.53. The number of esters is 1. The minimum Gasteiger partial charge on any atom is -0.490 e. The molecule has 0 bridgehead atoms. The Morgan fingerprint density at radius 1 is 1.14 bits per heavy atom. The van der Waals surface area contributed by atoms with Gasteiger partial charge in [-0.2, -0.15) is 0 Å². The topological polar surface area (TPSA) is 123 Å². The maximum Gasteiger partial charge on any atom is 0.343 e. The quantitative estimate of drug-likeness (QED) is 0.184. The van der Waals surface area contributed by atoms with E-state index in [1.54, 1.807) is 31.2 Å². The van der Waals surface area contributed by atoms with E-state index in [9.17, 15) is 19.2 Å². The van der Waals surface area contributed by atoms with Crippen molar-refractivity contribution in [2.45, 2.75) is 20.3 Å². The van der Waals surface area contributed by atoms with E-state index in [2.05, 4.69) is 15.4 Å². The van der Waals surface area contributed by atoms with Gasteiger partial charge in [-0.1, -0.05) is 25.1 Å². The lowest BCUT2D eigenvalue weighted by Crippen LogP contribution is -2.38. The predicted octanol–water partition coefficient (Wildman–Crippen LogP) is 3.34. The molecule has 2 aromatic carbocycles. The molecule has 0 unspecified atom stereocenters. The van der Waals surface area contributed by atoms with Crippen LogP contribution in [0, 0.1) is 3.57 Å². The number of nitrogens with one attached hydrogen (secondary N) is 2. The number of hydrogen-bond acceptors (Lipinski definition) is 7. The highest BCUT2D eigenvalue weighted by molar-refractivity contribution is 14.1. The number of carbonyl (C=O) groups excluding carboxylic acids is 4. The molecule has 190 valence electrons. The summed E-state index contributed by atoms with van der Waals surface area (Å²) in [6.07, 6.45) is 2.21. The fraction of sp³-hybridized carbons (Fsp3) is 0.280. The number of urea groups is 1. The van der Waals surface area contributed by atoms with Crippen LogP contribution in [-0.4, -0.2) is 55.6 Å². The van der Waals surface area contributed by atoms with E-state index < -0.39 is 30.4 Å². The predicted molar refractivity (Wildman–Crippen MR) is 141 cm³/mol. The van der Waals surface area contributed by atoms with Crippen LogP contribution in [-0.2, 0) is 25.5 Å². The van der Waals surface area contributed by atoms with Crippen LogP contribution in [0.15, 0.2) is 42.1 Å². The molecular weight excluding hydrogens is 581 g/mol. The van der Waals surface area contributed by atoms with E-state index in [-0.39, 0.29) is 12.3 Å². The molecule has 1 aliphatic rings. The summed E-state index contributed by atoms with van der Waals surface area (Å²) in [4.78, 5) is 50.2. The van der Waals surface area contributed by atoms with Crippen LogP contribution in [0.3, 0.4) is 0 Å². The number of amides is 4. The van der Waals surface area contributed by atoms with Crippen molar-refractivity contribution in [1.82, 2.24) is 10.2 Å². The first-order valence-electron chi connectivity index (χ1n) is 11.2. The Bertz CT molecular complexity index is 1210. The highest BCUT2D eigenvalue weighted by Crippen LogP contribution is 2.35. The van der Waals surface area contributed by atoms with Crippen molar-refractivity contribution in [3.8, 4) is 11.5 Å². The molecule has 2 N–H and O–H groups in total. The number of benzene rings is 2. The van der Waals surface area contributed by atoms with Gasteiger partial charge in [0.2, 0.25) is 5.91 Å². The molecule has 3 rings (SSSR count). The van der Waals surface area contributed by atoms with Crippen molar-refractivity contribution in [2.24, 2.45) is 0 Å². The molecule has 0 aromatic heterocycles. The lowest BCUT2D eigenvalue weighted by atomic mass is 10.1. The number of halogens is 1. The second-order valence-electron chi connectivity index (χ2n) is 7.57. The van der Waals surface area contributed by atoms with Gasteiger partial charge in [-0.3, -0.25) is 9.59 Å². The zero-order valence-electron chi connectivity index (χ0n) is 20.1. The molecule has 1 fully saturated rings. The Kier molecular flexibility index (Phi) is 9.28. The van der Waals surface area contributed by atoms with Crippen molar-refractivity contribution in [2.75, 3.05) is 32.2 Å². The number of hydrogen-bond donors (Lipinski definition) is 2. The molecule has 0 atom stereocenters. The van der Waals surface area contributed by atoms with E-state index in [0.29, 0.717) is 32.9 Å². The number of carbonyl (C=O) groups is 4. The number of imide groups is 1. The van der Waals surface area contributed by atoms with Crippen LogP contribution >= 0.6 is 22.6 Å². The van der Waals surface area contributed by atoms with Crippen LogP contribution in [0.5, 0.6) is 11.5 Å². The van der Waals surface area contributed by atoms with Gasteiger partial charge in [0.25, 0.3) is 5.91 Å². The number of para-hydroxylation sites is 1. The first-order valence-corrected chi connectivity index (χ1v) is 12.2. The summed E-state index contributed by atoms with van der Waals surface area (Å²) in [6, 6.07) is 9.98. The zero-order chi connectivity index (χ0) is 26.2. The van der Waals surface area contributed by atoms with Crippen LogP contribution in [0.2, 0.25) is 0 Å². The molecule has 0 aliphatic carbocycles. The molecule has 0 radical (unpaired) electrons. The van der Waals surface area contributed by atoms with Crippen LogP contribution in [0.25, 0.3) is 6.08 Å². The van der Waals surface area contributed by atoms with Gasteiger partial charge < -0.3 is 24.8 Å². The van der Waals surface area contributed by atoms with E-state index >= 15 is 0 Å². The van der Waals surface area contributed by atoms with E-state index in [4.69, 9.17) is 9.47 Å². The van der Waals surface area contributed by atoms with Crippen LogP contribution < -0.4 is 20.1 Å². The second-order valence-corrected chi connectivity index (χ2v) is 8.73. The Labute approximate surface area is 222 Å². The lowest BCUT2D eigenvalue weighted by Gasteiger charge is -2.14.